The molecule has 2 aliphatic heterocycles. The van der Waals surface area contributed by atoms with E-state index in [2.05, 4.69) is 4.40 Å². The summed E-state index contributed by atoms with van der Waals surface area (Å²) in [7, 11) is -2.39. The third kappa shape index (κ3) is 19.2. The summed E-state index contributed by atoms with van der Waals surface area (Å²) in [5, 5.41) is 5.04. The molecular weight excluding hydrogens is 592 g/mol. The molecule has 2 heterocycles. The molecule has 0 aliphatic carbocycles. The fraction of sp³-hybridized carbons (Fsp3) is 0.867. The van der Waals surface area contributed by atoms with E-state index >= 15 is 0 Å². The van der Waals surface area contributed by atoms with Crippen molar-refractivity contribution in [2.45, 2.75) is 129 Å². The molecule has 2 saturated heterocycles. The van der Waals surface area contributed by atoms with Gasteiger partial charge in [-0.15, -0.1) is 0 Å². The number of nitrogens with two attached hydrogens (primary N) is 1. The third-order valence-electron chi connectivity index (χ3n) is 6.07. The Hall–Kier alpha value is -1.86. The number of hydrogen-bond donors (Lipinski definition) is 1. The number of likely N-dealkylation sites (tertiary alicyclic amines) is 2. The number of ether oxygens (including phenoxy) is 2. The predicted octanol–water partition coefficient (Wildman–Crippen LogP) is 5.41. The first kappa shape index (κ1) is 41.1. The van der Waals surface area contributed by atoms with Gasteiger partial charge in [0.25, 0.3) is 0 Å². The van der Waals surface area contributed by atoms with E-state index in [1.54, 1.807) is 16.0 Å². The van der Waals surface area contributed by atoms with Crippen LogP contribution in [0.5, 0.6) is 0 Å². The van der Waals surface area contributed by atoms with Gasteiger partial charge in [0.05, 0.1) is 20.5 Å². The molecule has 2 fully saturated rings. The average molecular weight is 651 g/mol. The molecule has 0 bridgehead atoms. The Labute approximate surface area is 265 Å². The van der Waals surface area contributed by atoms with E-state index in [1.165, 1.54) is 0 Å². The minimum absolute atomic E-state index is 0.115. The number of carbonyl (C=O) groups is 3. The van der Waals surface area contributed by atoms with E-state index in [4.69, 9.17) is 14.6 Å². The summed E-state index contributed by atoms with van der Waals surface area (Å²) < 4.78 is 36.4. The molecule has 2 atom stereocenters. The molecule has 11 nitrogen and oxygen atoms in total. The summed E-state index contributed by atoms with van der Waals surface area (Å²) in [6, 6.07) is 0. The van der Waals surface area contributed by atoms with Gasteiger partial charge >= 0.3 is 12.2 Å². The van der Waals surface area contributed by atoms with Crippen LogP contribution in [0.3, 0.4) is 0 Å². The highest BCUT2D eigenvalue weighted by Gasteiger charge is 2.28. The van der Waals surface area contributed by atoms with Crippen molar-refractivity contribution in [1.29, 1.82) is 0 Å². The van der Waals surface area contributed by atoms with E-state index in [1.807, 2.05) is 83.1 Å². The normalized spacial score (nSPS) is 18.9. The van der Waals surface area contributed by atoms with Crippen LogP contribution in [0.1, 0.15) is 109 Å². The maximum absolute atomic E-state index is 11.9. The summed E-state index contributed by atoms with van der Waals surface area (Å²) >= 11 is 0. The van der Waals surface area contributed by atoms with Crippen LogP contribution >= 0.6 is 0 Å². The van der Waals surface area contributed by atoms with Gasteiger partial charge < -0.3 is 24.1 Å². The SMILES string of the molecule is CC(C)(C)OC(=O)N1CCC(C=N[S@@](=O)C(C)(C)C)CC1.CC(C)(C)OC(=O)N1CCC(C=O)CC1.CC(C)(C)[S@@](N)=O. The van der Waals surface area contributed by atoms with Crippen molar-refractivity contribution in [3.63, 3.8) is 0 Å². The van der Waals surface area contributed by atoms with Gasteiger partial charge in [-0.2, -0.15) is 4.40 Å². The molecule has 0 aromatic heterocycles. The molecule has 252 valence electrons. The highest BCUT2D eigenvalue weighted by molar-refractivity contribution is 7.85. The number of hydrogen-bond acceptors (Lipinski definition) is 7. The molecule has 2 rings (SSSR count). The standard InChI is InChI=1S/C15H28N2O3S.C11H19NO3.C4H11NOS/c1-14(2,3)20-13(18)17-9-7-12(8-10-17)11-16-21(19)15(4,5)6;1-11(2,3)15-10(14)12-6-4-9(8-13)5-7-12;1-4(2,3)7(5)6/h11-12H,7-10H2,1-6H3;8-9H,4-7H2,1-3H3;5H2,1-3H3/t21-;;7-/m0.0/s1. The van der Waals surface area contributed by atoms with Crippen LogP contribution < -0.4 is 5.14 Å². The van der Waals surface area contributed by atoms with Crippen LogP contribution in [0.4, 0.5) is 9.59 Å². The van der Waals surface area contributed by atoms with Crippen LogP contribution in [0.15, 0.2) is 4.40 Å². The van der Waals surface area contributed by atoms with Gasteiger partial charge in [0.1, 0.15) is 28.5 Å². The fourth-order valence-corrected chi connectivity index (χ4v) is 4.00. The quantitative estimate of drug-likeness (QED) is 0.317. The Kier molecular flexibility index (Phi) is 16.8. The van der Waals surface area contributed by atoms with Crippen molar-refractivity contribution in [3.8, 4) is 0 Å². The molecule has 0 aromatic carbocycles. The Morgan fingerprint density at radius 3 is 1.28 bits per heavy atom. The summed E-state index contributed by atoms with van der Waals surface area (Å²) in [5.41, 5.74) is -0.905. The van der Waals surface area contributed by atoms with E-state index in [0.29, 0.717) is 26.2 Å². The molecule has 0 saturated carbocycles. The number of nitrogens with zero attached hydrogens (tertiary/aromatic N) is 3. The van der Waals surface area contributed by atoms with E-state index in [-0.39, 0.29) is 33.5 Å². The molecule has 43 heavy (non-hydrogen) atoms. The molecule has 0 radical (unpaired) electrons. The minimum Gasteiger partial charge on any atom is -0.444 e. The predicted molar refractivity (Wildman–Crippen MR) is 176 cm³/mol. The first-order valence-corrected chi connectivity index (χ1v) is 17.2. The summed E-state index contributed by atoms with van der Waals surface area (Å²) in [6.45, 7) is 25.0. The highest BCUT2D eigenvalue weighted by atomic mass is 32.2. The van der Waals surface area contributed by atoms with Crippen molar-refractivity contribution in [2.75, 3.05) is 26.2 Å². The molecule has 13 heteroatoms. The average Bonchev–Trinajstić information content (AvgIpc) is 2.85. The van der Waals surface area contributed by atoms with Crippen LogP contribution in [-0.4, -0.2) is 89.8 Å². The Balaban J connectivity index is 0.000000696. The molecule has 2 N–H and O–H groups in total. The van der Waals surface area contributed by atoms with Crippen molar-refractivity contribution >= 4 is 46.7 Å². The lowest BCUT2D eigenvalue weighted by Crippen LogP contribution is -2.42. The van der Waals surface area contributed by atoms with Crippen LogP contribution in [-0.2, 0) is 36.2 Å². The first-order chi connectivity index (χ1) is 19.4. The highest BCUT2D eigenvalue weighted by Crippen LogP contribution is 2.20. The van der Waals surface area contributed by atoms with Crippen molar-refractivity contribution < 1.29 is 32.3 Å². The molecule has 2 amide bonds. The second-order valence-corrected chi connectivity index (χ2v) is 18.5. The monoisotopic (exact) mass is 650 g/mol. The lowest BCUT2D eigenvalue weighted by atomic mass is 9.99. The van der Waals surface area contributed by atoms with Gasteiger partial charge in [-0.25, -0.2) is 18.0 Å². The van der Waals surface area contributed by atoms with Crippen molar-refractivity contribution in [2.24, 2.45) is 21.4 Å². The zero-order valence-corrected chi connectivity index (χ0v) is 30.2. The van der Waals surface area contributed by atoms with E-state index in [0.717, 1.165) is 32.0 Å². The molecule has 0 spiro atoms. The van der Waals surface area contributed by atoms with Crippen molar-refractivity contribution in [3.05, 3.63) is 0 Å². The minimum atomic E-state index is -1.21. The first-order valence-electron chi connectivity index (χ1n) is 14.9. The van der Waals surface area contributed by atoms with Crippen LogP contribution in [0, 0.1) is 11.8 Å². The largest absolute Gasteiger partial charge is 0.444 e. The fourth-order valence-electron chi connectivity index (χ4n) is 3.40. The number of carbonyl (C=O) groups excluding carboxylic acids is 3. The second-order valence-electron chi connectivity index (χ2n) is 14.8. The molecular formula is C30H58N4O7S2. The van der Waals surface area contributed by atoms with Gasteiger partial charge in [-0.3, -0.25) is 5.14 Å². The zero-order valence-electron chi connectivity index (χ0n) is 28.6. The van der Waals surface area contributed by atoms with Crippen molar-refractivity contribution in [1.82, 2.24) is 9.80 Å². The number of amides is 2. The maximum Gasteiger partial charge on any atom is 0.410 e. The zero-order chi connectivity index (χ0) is 33.8. The van der Waals surface area contributed by atoms with Gasteiger partial charge in [0, 0.05) is 38.3 Å². The number of piperidine rings is 2. The van der Waals surface area contributed by atoms with Crippen LogP contribution in [0.2, 0.25) is 0 Å². The summed E-state index contributed by atoms with van der Waals surface area (Å²) in [6.07, 6.45) is 5.43. The van der Waals surface area contributed by atoms with E-state index in [9.17, 15) is 22.8 Å². The van der Waals surface area contributed by atoms with Gasteiger partial charge in [0.2, 0.25) is 0 Å². The summed E-state index contributed by atoms with van der Waals surface area (Å²) in [5.74, 6) is 0.402. The van der Waals surface area contributed by atoms with E-state index < -0.39 is 33.2 Å². The van der Waals surface area contributed by atoms with Gasteiger partial charge in [0.15, 0.2) is 0 Å². The number of rotatable bonds is 3. The lowest BCUT2D eigenvalue weighted by Gasteiger charge is -2.32. The Bertz CT molecular complexity index is 961. The second kappa shape index (κ2) is 17.6. The molecule has 2 aliphatic rings. The number of aldehydes is 1. The molecule has 0 unspecified atom stereocenters. The summed E-state index contributed by atoms with van der Waals surface area (Å²) in [4.78, 5) is 37.5. The topological polar surface area (TPSA) is 149 Å². The molecule has 0 aromatic rings. The smallest absolute Gasteiger partial charge is 0.410 e. The lowest BCUT2D eigenvalue weighted by molar-refractivity contribution is -0.112. The Morgan fingerprint density at radius 1 is 0.698 bits per heavy atom. The Morgan fingerprint density at radius 2 is 1.02 bits per heavy atom. The third-order valence-corrected chi connectivity index (χ3v) is 8.64. The van der Waals surface area contributed by atoms with Crippen LogP contribution in [0.25, 0.3) is 0 Å². The van der Waals surface area contributed by atoms with Gasteiger partial charge in [-0.1, -0.05) is 0 Å². The van der Waals surface area contributed by atoms with Gasteiger partial charge in [-0.05, 0) is 115 Å². The maximum atomic E-state index is 11.9.